The molecule has 2 aromatic rings. The van der Waals surface area contributed by atoms with Gasteiger partial charge in [-0.3, -0.25) is 14.7 Å². The lowest BCUT2D eigenvalue weighted by atomic mass is 9.94. The highest BCUT2D eigenvalue weighted by atomic mass is 16.3. The number of para-hydroxylation sites is 1. The van der Waals surface area contributed by atoms with Crippen molar-refractivity contribution >= 4 is 5.91 Å². The first-order valence-electron chi connectivity index (χ1n) is 8.90. The van der Waals surface area contributed by atoms with E-state index in [9.17, 15) is 9.90 Å². The predicted molar refractivity (Wildman–Crippen MR) is 97.3 cm³/mol. The molecule has 0 radical (unpaired) electrons. The van der Waals surface area contributed by atoms with Gasteiger partial charge in [-0.05, 0) is 55.5 Å². The molecule has 1 amide bonds. The zero-order valence-electron chi connectivity index (χ0n) is 14.4. The Morgan fingerprint density at radius 2 is 2.16 bits per heavy atom. The van der Waals surface area contributed by atoms with Gasteiger partial charge in [0.15, 0.2) is 0 Å². The molecule has 2 N–H and O–H groups in total. The van der Waals surface area contributed by atoms with E-state index in [0.29, 0.717) is 18.0 Å². The molecule has 1 aromatic carbocycles. The molecule has 5 nitrogen and oxygen atoms in total. The Kier molecular flexibility index (Phi) is 6.01. The topological polar surface area (TPSA) is 65.5 Å². The molecule has 1 aliphatic heterocycles. The maximum atomic E-state index is 12.1. The van der Waals surface area contributed by atoms with Crippen LogP contribution in [0.5, 0.6) is 5.75 Å². The number of carbonyl (C=O) groups is 1. The first-order chi connectivity index (χ1) is 12.2. The van der Waals surface area contributed by atoms with Crippen LogP contribution in [0, 0.1) is 5.92 Å². The Labute approximate surface area is 148 Å². The van der Waals surface area contributed by atoms with Crippen LogP contribution in [0.3, 0.4) is 0 Å². The summed E-state index contributed by atoms with van der Waals surface area (Å²) in [5.74, 6) is 0.413. The second-order valence-electron chi connectivity index (χ2n) is 6.67. The lowest BCUT2D eigenvalue weighted by Crippen LogP contribution is -2.36. The molecule has 0 saturated carbocycles. The first kappa shape index (κ1) is 17.4. The standard InChI is InChI=1S/C20H25N3O2/c24-19-8-2-1-7-18(19)20(25)22-11-9-16-6-4-12-23(14-16)15-17-5-3-10-21-13-17/h1-3,5,7-8,10,13,16,24H,4,6,9,11-12,14-15H2,(H,22,25). The van der Waals surface area contributed by atoms with E-state index < -0.39 is 0 Å². The molecule has 0 bridgehead atoms. The Hall–Kier alpha value is -2.40. The van der Waals surface area contributed by atoms with Crippen molar-refractivity contribution in [1.29, 1.82) is 0 Å². The van der Waals surface area contributed by atoms with Crippen LogP contribution in [0.2, 0.25) is 0 Å². The fraction of sp³-hybridized carbons (Fsp3) is 0.400. The predicted octanol–water partition coefficient (Wildman–Crippen LogP) is 2.82. The fourth-order valence-electron chi connectivity index (χ4n) is 3.43. The Balaban J connectivity index is 1.44. The summed E-state index contributed by atoms with van der Waals surface area (Å²) in [5, 5.41) is 12.7. The number of carbonyl (C=O) groups excluding carboxylic acids is 1. The second-order valence-corrected chi connectivity index (χ2v) is 6.67. The van der Waals surface area contributed by atoms with Crippen LogP contribution in [0.1, 0.15) is 35.2 Å². The lowest BCUT2D eigenvalue weighted by Gasteiger charge is -2.32. The second kappa shape index (κ2) is 8.62. The van der Waals surface area contributed by atoms with E-state index in [0.717, 1.165) is 26.1 Å². The molecule has 25 heavy (non-hydrogen) atoms. The van der Waals surface area contributed by atoms with Gasteiger partial charge in [-0.15, -0.1) is 0 Å². The normalized spacial score (nSPS) is 18.0. The number of phenolic OH excluding ortho intramolecular Hbond substituents is 1. The van der Waals surface area contributed by atoms with Gasteiger partial charge in [-0.1, -0.05) is 18.2 Å². The number of nitrogens with one attached hydrogen (secondary N) is 1. The summed E-state index contributed by atoms with van der Waals surface area (Å²) in [6.45, 7) is 3.75. The van der Waals surface area contributed by atoms with E-state index in [-0.39, 0.29) is 11.7 Å². The molecule has 0 aliphatic carbocycles. The van der Waals surface area contributed by atoms with Crippen LogP contribution >= 0.6 is 0 Å². The largest absolute Gasteiger partial charge is 0.507 e. The molecule has 1 saturated heterocycles. The average molecular weight is 339 g/mol. The maximum absolute atomic E-state index is 12.1. The molecule has 1 aliphatic rings. The van der Waals surface area contributed by atoms with Crippen molar-refractivity contribution in [3.05, 3.63) is 59.9 Å². The van der Waals surface area contributed by atoms with Crippen LogP contribution in [0.25, 0.3) is 0 Å². The molecule has 0 spiro atoms. The SMILES string of the molecule is O=C(NCCC1CCCN(Cc2cccnc2)C1)c1ccccc1O. The maximum Gasteiger partial charge on any atom is 0.255 e. The first-order valence-corrected chi connectivity index (χ1v) is 8.90. The van der Waals surface area contributed by atoms with Gasteiger partial charge in [0.05, 0.1) is 5.56 Å². The van der Waals surface area contributed by atoms with Crippen molar-refractivity contribution in [2.24, 2.45) is 5.92 Å². The summed E-state index contributed by atoms with van der Waals surface area (Å²) in [7, 11) is 0. The third kappa shape index (κ3) is 5.03. The molecule has 1 unspecified atom stereocenters. The smallest absolute Gasteiger partial charge is 0.255 e. The summed E-state index contributed by atoms with van der Waals surface area (Å²) >= 11 is 0. The number of hydrogen-bond donors (Lipinski definition) is 2. The molecule has 2 heterocycles. The molecule has 1 atom stereocenters. The van der Waals surface area contributed by atoms with Crippen LogP contribution in [-0.2, 0) is 6.54 Å². The number of phenols is 1. The minimum Gasteiger partial charge on any atom is -0.507 e. The van der Waals surface area contributed by atoms with Gasteiger partial charge in [-0.25, -0.2) is 0 Å². The minimum atomic E-state index is -0.207. The zero-order valence-corrected chi connectivity index (χ0v) is 14.4. The highest BCUT2D eigenvalue weighted by Crippen LogP contribution is 2.21. The van der Waals surface area contributed by atoms with Crippen molar-refractivity contribution in [2.45, 2.75) is 25.8 Å². The highest BCUT2D eigenvalue weighted by molar-refractivity contribution is 5.96. The van der Waals surface area contributed by atoms with Crippen molar-refractivity contribution in [2.75, 3.05) is 19.6 Å². The van der Waals surface area contributed by atoms with Gasteiger partial charge in [0, 0.05) is 32.0 Å². The van der Waals surface area contributed by atoms with E-state index in [4.69, 9.17) is 0 Å². The average Bonchev–Trinajstić information content (AvgIpc) is 2.63. The number of amides is 1. The van der Waals surface area contributed by atoms with Gasteiger partial charge in [0.25, 0.3) is 5.91 Å². The third-order valence-electron chi connectivity index (χ3n) is 4.72. The summed E-state index contributed by atoms with van der Waals surface area (Å²) < 4.78 is 0. The van der Waals surface area contributed by atoms with Gasteiger partial charge in [0.1, 0.15) is 5.75 Å². The highest BCUT2D eigenvalue weighted by Gasteiger charge is 2.20. The van der Waals surface area contributed by atoms with Crippen LogP contribution in [-0.4, -0.2) is 40.5 Å². The molecule has 1 fully saturated rings. The van der Waals surface area contributed by atoms with E-state index in [1.165, 1.54) is 24.5 Å². The van der Waals surface area contributed by atoms with E-state index in [2.05, 4.69) is 21.3 Å². The summed E-state index contributed by atoms with van der Waals surface area (Å²) in [4.78, 5) is 18.8. The number of aromatic hydroxyl groups is 1. The molecule has 132 valence electrons. The van der Waals surface area contributed by atoms with E-state index >= 15 is 0 Å². The summed E-state index contributed by atoms with van der Waals surface area (Å²) in [6.07, 6.45) is 7.09. The number of aromatic nitrogens is 1. The number of rotatable bonds is 6. The number of benzene rings is 1. The number of nitrogens with zero attached hydrogens (tertiary/aromatic N) is 2. The van der Waals surface area contributed by atoms with Crippen LogP contribution in [0.15, 0.2) is 48.8 Å². The van der Waals surface area contributed by atoms with E-state index in [1.54, 1.807) is 24.4 Å². The monoisotopic (exact) mass is 339 g/mol. The number of pyridine rings is 1. The lowest BCUT2D eigenvalue weighted by molar-refractivity contribution is 0.0943. The zero-order chi connectivity index (χ0) is 17.5. The van der Waals surface area contributed by atoms with Crippen molar-refractivity contribution in [3.8, 4) is 5.75 Å². The molecular weight excluding hydrogens is 314 g/mol. The number of likely N-dealkylation sites (tertiary alicyclic amines) is 1. The molecule has 3 rings (SSSR count). The van der Waals surface area contributed by atoms with Crippen LogP contribution < -0.4 is 5.32 Å². The molecule has 1 aromatic heterocycles. The number of piperidine rings is 1. The van der Waals surface area contributed by atoms with Gasteiger partial charge in [0.2, 0.25) is 0 Å². The Bertz CT molecular complexity index is 690. The fourth-order valence-corrected chi connectivity index (χ4v) is 3.43. The van der Waals surface area contributed by atoms with Gasteiger partial charge in [-0.2, -0.15) is 0 Å². The number of hydrogen-bond acceptors (Lipinski definition) is 4. The third-order valence-corrected chi connectivity index (χ3v) is 4.72. The Morgan fingerprint density at radius 3 is 2.96 bits per heavy atom. The van der Waals surface area contributed by atoms with Gasteiger partial charge < -0.3 is 10.4 Å². The minimum absolute atomic E-state index is 0.0281. The molecular formula is C20H25N3O2. The molecule has 5 heteroatoms. The van der Waals surface area contributed by atoms with E-state index in [1.807, 2.05) is 12.3 Å². The Morgan fingerprint density at radius 1 is 1.28 bits per heavy atom. The summed E-state index contributed by atoms with van der Waals surface area (Å²) in [5.41, 5.74) is 1.58. The van der Waals surface area contributed by atoms with Crippen molar-refractivity contribution in [1.82, 2.24) is 15.2 Å². The van der Waals surface area contributed by atoms with Gasteiger partial charge >= 0.3 is 0 Å². The quantitative estimate of drug-likeness (QED) is 0.849. The van der Waals surface area contributed by atoms with Crippen LogP contribution in [0.4, 0.5) is 0 Å². The van der Waals surface area contributed by atoms with Crippen molar-refractivity contribution in [3.63, 3.8) is 0 Å². The summed E-state index contributed by atoms with van der Waals surface area (Å²) in [6, 6.07) is 10.7. The van der Waals surface area contributed by atoms with Crippen molar-refractivity contribution < 1.29 is 9.90 Å².